The molecule has 35 heavy (non-hydrogen) atoms. The van der Waals surface area contributed by atoms with Crippen molar-refractivity contribution in [3.8, 4) is 11.5 Å². The summed E-state index contributed by atoms with van der Waals surface area (Å²) in [6.07, 6.45) is 11.0. The maximum Gasteiger partial charge on any atom is 0.251 e. The SMILES string of the molecule is CC.Cc1c(Oc2ccnc(NC3=CCN=C3)c2)cccc1C(=O)NCc1ccc2nccn2c1.[HH].[HH]. The summed E-state index contributed by atoms with van der Waals surface area (Å²) in [5.41, 5.74) is 4.08. The average molecular weight is 473 g/mol. The monoisotopic (exact) mass is 472 g/mol. The van der Waals surface area contributed by atoms with Gasteiger partial charge in [-0.05, 0) is 42.8 Å². The van der Waals surface area contributed by atoms with E-state index in [1.54, 1.807) is 30.7 Å². The summed E-state index contributed by atoms with van der Waals surface area (Å²) in [7, 11) is 0. The number of allylic oxidation sites excluding steroid dienone is 1. The van der Waals surface area contributed by atoms with Crippen molar-refractivity contribution in [3.63, 3.8) is 0 Å². The Morgan fingerprint density at radius 3 is 2.86 bits per heavy atom. The van der Waals surface area contributed by atoms with Crippen LogP contribution in [-0.2, 0) is 6.54 Å². The molecule has 1 aliphatic rings. The highest BCUT2D eigenvalue weighted by molar-refractivity contribution is 5.96. The quantitative estimate of drug-likeness (QED) is 0.362. The molecule has 8 nitrogen and oxygen atoms in total. The van der Waals surface area contributed by atoms with Crippen LogP contribution in [0.3, 0.4) is 0 Å². The van der Waals surface area contributed by atoms with Crippen molar-refractivity contribution in [2.75, 3.05) is 11.9 Å². The molecule has 0 spiro atoms. The van der Waals surface area contributed by atoms with Crippen molar-refractivity contribution in [1.82, 2.24) is 19.7 Å². The Hall–Kier alpha value is -4.46. The molecule has 5 rings (SSSR count). The summed E-state index contributed by atoms with van der Waals surface area (Å²) in [5, 5.41) is 6.19. The van der Waals surface area contributed by atoms with Crippen LogP contribution in [0.4, 0.5) is 5.82 Å². The summed E-state index contributed by atoms with van der Waals surface area (Å²) in [6, 6.07) is 12.9. The third-order valence-corrected chi connectivity index (χ3v) is 5.31. The van der Waals surface area contributed by atoms with Gasteiger partial charge in [0, 0.05) is 57.6 Å². The Kier molecular flexibility index (Phi) is 7.52. The zero-order valence-electron chi connectivity index (χ0n) is 20.0. The number of anilines is 1. The number of aliphatic imine (C=N–C) groups is 1. The second-order valence-electron chi connectivity index (χ2n) is 7.60. The van der Waals surface area contributed by atoms with Crippen LogP contribution in [0.5, 0.6) is 11.5 Å². The van der Waals surface area contributed by atoms with Gasteiger partial charge in [-0.2, -0.15) is 0 Å². The van der Waals surface area contributed by atoms with Gasteiger partial charge in [0.05, 0.1) is 12.2 Å². The molecule has 0 saturated carbocycles. The Morgan fingerprint density at radius 1 is 1.14 bits per heavy atom. The lowest BCUT2D eigenvalue weighted by atomic mass is 10.1. The predicted octanol–water partition coefficient (Wildman–Crippen LogP) is 5.66. The van der Waals surface area contributed by atoms with Crippen LogP contribution in [0.1, 0.15) is 38.2 Å². The van der Waals surface area contributed by atoms with Crippen molar-refractivity contribution in [2.24, 2.45) is 4.99 Å². The normalized spacial score (nSPS) is 12.0. The molecule has 1 aromatic carbocycles. The standard InChI is InChI=1S/C25H22N6O2.C2H6.2H2/c1-17-21(25(32)29-14-18-5-6-24-28-11-12-31(24)16-18)3-2-4-22(17)33-20-8-10-27-23(13-20)30-19-7-9-26-15-19;1-2;;/h2-8,10-13,15-16H,9,14H2,1H3,(H,27,30)(H,29,32);1-2H3;2*1H. The van der Waals surface area contributed by atoms with Gasteiger partial charge in [0.25, 0.3) is 5.91 Å². The Morgan fingerprint density at radius 2 is 2.03 bits per heavy atom. The summed E-state index contributed by atoms with van der Waals surface area (Å²) >= 11 is 0. The number of aromatic nitrogens is 3. The molecule has 3 aromatic heterocycles. The van der Waals surface area contributed by atoms with Crippen LogP contribution >= 0.6 is 0 Å². The molecule has 0 bridgehead atoms. The molecule has 4 aromatic rings. The summed E-state index contributed by atoms with van der Waals surface area (Å²) in [4.78, 5) is 25.6. The number of nitrogens with one attached hydrogen (secondary N) is 2. The van der Waals surface area contributed by atoms with Crippen LogP contribution in [0.2, 0.25) is 0 Å². The summed E-state index contributed by atoms with van der Waals surface area (Å²) < 4.78 is 8.01. The van der Waals surface area contributed by atoms with E-state index in [2.05, 4.69) is 25.6 Å². The number of fused-ring (bicyclic) bond motifs is 1. The van der Waals surface area contributed by atoms with Crippen LogP contribution in [-0.4, -0.2) is 33.0 Å². The first-order chi connectivity index (χ1) is 17.2. The Balaban J connectivity index is 0.00000118. The molecule has 4 heterocycles. The number of amides is 1. The van der Waals surface area contributed by atoms with Crippen molar-refractivity contribution >= 4 is 23.6 Å². The van der Waals surface area contributed by atoms with E-state index in [0.717, 1.165) is 22.5 Å². The molecule has 182 valence electrons. The van der Waals surface area contributed by atoms with E-state index in [4.69, 9.17) is 4.74 Å². The highest BCUT2D eigenvalue weighted by Gasteiger charge is 2.13. The minimum Gasteiger partial charge on any atom is -0.457 e. The number of pyridine rings is 2. The van der Waals surface area contributed by atoms with Crippen LogP contribution in [0.25, 0.3) is 5.65 Å². The van der Waals surface area contributed by atoms with E-state index in [1.165, 1.54) is 0 Å². The molecule has 8 heteroatoms. The van der Waals surface area contributed by atoms with Crippen molar-refractivity contribution in [3.05, 3.63) is 95.7 Å². The fourth-order valence-electron chi connectivity index (χ4n) is 3.58. The molecule has 0 aliphatic carbocycles. The van der Waals surface area contributed by atoms with Gasteiger partial charge in [-0.3, -0.25) is 9.79 Å². The third kappa shape index (κ3) is 5.73. The predicted molar refractivity (Wildman–Crippen MR) is 142 cm³/mol. The zero-order valence-corrected chi connectivity index (χ0v) is 20.0. The smallest absolute Gasteiger partial charge is 0.251 e. The molecule has 2 N–H and O–H groups in total. The lowest BCUT2D eigenvalue weighted by Crippen LogP contribution is -2.23. The van der Waals surface area contributed by atoms with Gasteiger partial charge >= 0.3 is 0 Å². The Labute approximate surface area is 207 Å². The van der Waals surface area contributed by atoms with Gasteiger partial charge in [-0.15, -0.1) is 0 Å². The second-order valence-corrected chi connectivity index (χ2v) is 7.60. The van der Waals surface area contributed by atoms with E-state index in [-0.39, 0.29) is 8.76 Å². The number of nitrogens with zero attached hydrogens (tertiary/aromatic N) is 4. The Bertz CT molecular complexity index is 1400. The van der Waals surface area contributed by atoms with Gasteiger partial charge in [0.15, 0.2) is 0 Å². The van der Waals surface area contributed by atoms with E-state index < -0.39 is 0 Å². The van der Waals surface area contributed by atoms with E-state index in [0.29, 0.717) is 36.0 Å². The fraction of sp³-hybridized carbons (Fsp3) is 0.185. The minimum atomic E-state index is -0.159. The highest BCUT2D eigenvalue weighted by Crippen LogP contribution is 2.28. The number of carbonyl (C=O) groups excluding carboxylic acids is 1. The molecule has 0 saturated heterocycles. The van der Waals surface area contributed by atoms with Crippen molar-refractivity contribution < 1.29 is 12.4 Å². The maximum atomic E-state index is 12.9. The number of hydrogen-bond acceptors (Lipinski definition) is 6. The topological polar surface area (TPSA) is 92.9 Å². The van der Waals surface area contributed by atoms with Gasteiger partial charge in [-0.25, -0.2) is 9.97 Å². The third-order valence-electron chi connectivity index (χ3n) is 5.31. The minimum absolute atomic E-state index is 0. The number of imidazole rings is 1. The molecule has 0 fully saturated rings. The van der Waals surface area contributed by atoms with Crippen LogP contribution in [0, 0.1) is 6.92 Å². The first-order valence-electron chi connectivity index (χ1n) is 11.6. The number of benzene rings is 1. The molecule has 0 atom stereocenters. The average Bonchev–Trinajstić information content (AvgIpc) is 3.57. The number of carbonyl (C=O) groups is 1. The van der Waals surface area contributed by atoms with Gasteiger partial charge < -0.3 is 19.8 Å². The molecular weight excluding hydrogens is 440 g/mol. The lowest BCUT2D eigenvalue weighted by molar-refractivity contribution is 0.0950. The zero-order chi connectivity index (χ0) is 24.6. The maximum absolute atomic E-state index is 12.9. The van der Waals surface area contributed by atoms with E-state index in [1.807, 2.05) is 74.0 Å². The highest BCUT2D eigenvalue weighted by atomic mass is 16.5. The molecular formula is C27H32N6O2. The van der Waals surface area contributed by atoms with E-state index in [9.17, 15) is 4.79 Å². The largest absolute Gasteiger partial charge is 0.457 e. The van der Waals surface area contributed by atoms with Gasteiger partial charge in [0.2, 0.25) is 0 Å². The lowest BCUT2D eigenvalue weighted by Gasteiger charge is -2.13. The van der Waals surface area contributed by atoms with Gasteiger partial charge in [-0.1, -0.05) is 26.0 Å². The summed E-state index contributed by atoms with van der Waals surface area (Å²) in [6.45, 7) is 6.96. The van der Waals surface area contributed by atoms with Gasteiger partial charge in [0.1, 0.15) is 23.0 Å². The second kappa shape index (κ2) is 11.1. The number of ether oxygens (including phenoxy) is 1. The molecule has 1 aliphatic heterocycles. The van der Waals surface area contributed by atoms with Crippen molar-refractivity contribution in [2.45, 2.75) is 27.3 Å². The molecule has 0 radical (unpaired) electrons. The van der Waals surface area contributed by atoms with Crippen LogP contribution in [0.15, 0.2) is 84.0 Å². The fourth-order valence-corrected chi connectivity index (χ4v) is 3.58. The first kappa shape index (κ1) is 23.7. The number of rotatable bonds is 7. The van der Waals surface area contributed by atoms with E-state index >= 15 is 0 Å². The first-order valence-corrected chi connectivity index (χ1v) is 11.6. The van der Waals surface area contributed by atoms with Crippen molar-refractivity contribution in [1.29, 1.82) is 0 Å². The summed E-state index contributed by atoms with van der Waals surface area (Å²) in [5.74, 6) is 1.74. The molecule has 0 unspecified atom stereocenters. The van der Waals surface area contributed by atoms with Crippen LogP contribution < -0.4 is 15.4 Å². The molecule has 1 amide bonds. The number of hydrogen-bond donors (Lipinski definition) is 2.